The van der Waals surface area contributed by atoms with Crippen LogP contribution in [0.5, 0.6) is 5.75 Å². The molecule has 2 aromatic rings. The van der Waals surface area contributed by atoms with Gasteiger partial charge in [-0.1, -0.05) is 48.0 Å². The summed E-state index contributed by atoms with van der Waals surface area (Å²) in [4.78, 5) is 2.34. The standard InChI is InChI=1S/C17H21ClN2O/c18-16-11-15(7-8-17(16)21)13-20(10-4-9-19)12-14-5-2-1-3-6-14/h1-3,5-8,11,21H,4,9-10,12-13,19H2. The zero-order valence-corrected chi connectivity index (χ0v) is 12.8. The van der Waals surface area contributed by atoms with E-state index in [2.05, 4.69) is 17.0 Å². The van der Waals surface area contributed by atoms with Gasteiger partial charge in [0.05, 0.1) is 5.02 Å². The lowest BCUT2D eigenvalue weighted by atomic mass is 10.1. The van der Waals surface area contributed by atoms with Crippen molar-refractivity contribution in [2.45, 2.75) is 19.5 Å². The first-order valence-corrected chi connectivity index (χ1v) is 7.50. The van der Waals surface area contributed by atoms with Gasteiger partial charge in [0.15, 0.2) is 0 Å². The highest BCUT2D eigenvalue weighted by atomic mass is 35.5. The van der Waals surface area contributed by atoms with Crippen molar-refractivity contribution >= 4 is 11.6 Å². The largest absolute Gasteiger partial charge is 0.506 e. The van der Waals surface area contributed by atoms with E-state index in [1.807, 2.05) is 30.3 Å². The van der Waals surface area contributed by atoms with Gasteiger partial charge in [0, 0.05) is 19.6 Å². The molecule has 0 fully saturated rings. The first-order valence-electron chi connectivity index (χ1n) is 7.13. The van der Waals surface area contributed by atoms with Gasteiger partial charge in [0.25, 0.3) is 0 Å². The van der Waals surface area contributed by atoms with Crippen molar-refractivity contribution in [1.29, 1.82) is 0 Å². The van der Waals surface area contributed by atoms with Crippen LogP contribution in [0.15, 0.2) is 48.5 Å². The van der Waals surface area contributed by atoms with Crippen LogP contribution in [-0.4, -0.2) is 23.1 Å². The number of nitrogens with zero attached hydrogens (tertiary/aromatic N) is 1. The summed E-state index contributed by atoms with van der Waals surface area (Å²) in [5.41, 5.74) is 7.99. The number of phenols is 1. The number of benzene rings is 2. The van der Waals surface area contributed by atoms with Gasteiger partial charge < -0.3 is 10.8 Å². The fourth-order valence-electron chi connectivity index (χ4n) is 2.28. The van der Waals surface area contributed by atoms with Crippen LogP contribution in [-0.2, 0) is 13.1 Å². The molecular weight excluding hydrogens is 284 g/mol. The maximum absolute atomic E-state index is 9.49. The number of halogens is 1. The van der Waals surface area contributed by atoms with E-state index in [0.717, 1.165) is 31.6 Å². The molecular formula is C17H21ClN2O. The highest BCUT2D eigenvalue weighted by Crippen LogP contribution is 2.24. The maximum atomic E-state index is 9.49. The van der Waals surface area contributed by atoms with Crippen molar-refractivity contribution in [3.63, 3.8) is 0 Å². The Morgan fingerprint density at radius 1 is 1.00 bits per heavy atom. The van der Waals surface area contributed by atoms with E-state index in [4.69, 9.17) is 17.3 Å². The average molecular weight is 305 g/mol. The van der Waals surface area contributed by atoms with Crippen molar-refractivity contribution in [1.82, 2.24) is 4.90 Å². The molecule has 2 aromatic carbocycles. The summed E-state index contributed by atoms with van der Waals surface area (Å²) in [5.74, 6) is 0.122. The summed E-state index contributed by atoms with van der Waals surface area (Å²) < 4.78 is 0. The minimum absolute atomic E-state index is 0.122. The van der Waals surface area contributed by atoms with E-state index >= 15 is 0 Å². The molecule has 0 unspecified atom stereocenters. The van der Waals surface area contributed by atoms with E-state index in [0.29, 0.717) is 11.6 Å². The summed E-state index contributed by atoms with van der Waals surface area (Å²) >= 11 is 5.97. The van der Waals surface area contributed by atoms with Crippen molar-refractivity contribution in [3.8, 4) is 5.75 Å². The molecule has 0 aliphatic rings. The molecule has 0 aromatic heterocycles. The van der Waals surface area contributed by atoms with Gasteiger partial charge in [-0.3, -0.25) is 4.90 Å². The highest BCUT2D eigenvalue weighted by molar-refractivity contribution is 6.32. The summed E-state index contributed by atoms with van der Waals surface area (Å²) in [6.07, 6.45) is 0.957. The summed E-state index contributed by atoms with van der Waals surface area (Å²) in [6, 6.07) is 15.7. The van der Waals surface area contributed by atoms with Gasteiger partial charge >= 0.3 is 0 Å². The number of rotatable bonds is 7. The van der Waals surface area contributed by atoms with Crippen molar-refractivity contribution in [2.24, 2.45) is 5.73 Å². The molecule has 0 heterocycles. The van der Waals surface area contributed by atoms with Crippen LogP contribution in [0, 0.1) is 0 Å². The Labute approximate surface area is 131 Å². The number of aromatic hydroxyl groups is 1. The molecule has 0 radical (unpaired) electrons. The molecule has 0 saturated carbocycles. The summed E-state index contributed by atoms with van der Waals surface area (Å²) in [7, 11) is 0. The normalized spacial score (nSPS) is 11.0. The summed E-state index contributed by atoms with van der Waals surface area (Å²) in [5, 5.41) is 9.89. The van der Waals surface area contributed by atoms with Gasteiger partial charge in [-0.25, -0.2) is 0 Å². The average Bonchev–Trinajstić information content (AvgIpc) is 2.49. The minimum Gasteiger partial charge on any atom is -0.506 e. The second-order valence-corrected chi connectivity index (χ2v) is 5.53. The molecule has 0 saturated heterocycles. The van der Waals surface area contributed by atoms with Crippen molar-refractivity contribution in [2.75, 3.05) is 13.1 Å². The van der Waals surface area contributed by atoms with E-state index < -0.39 is 0 Å². The Kier molecular flexibility index (Phi) is 6.05. The van der Waals surface area contributed by atoms with Gasteiger partial charge in [-0.2, -0.15) is 0 Å². The predicted octanol–water partition coefficient (Wildman–Crippen LogP) is 3.40. The SMILES string of the molecule is NCCCN(Cc1ccccc1)Cc1ccc(O)c(Cl)c1. The van der Waals surface area contributed by atoms with Gasteiger partial charge in [0.2, 0.25) is 0 Å². The molecule has 0 spiro atoms. The van der Waals surface area contributed by atoms with Gasteiger partial charge in [-0.15, -0.1) is 0 Å². The third-order valence-corrected chi connectivity index (χ3v) is 3.65. The number of hydrogen-bond acceptors (Lipinski definition) is 3. The zero-order chi connectivity index (χ0) is 15.1. The van der Waals surface area contributed by atoms with Gasteiger partial charge in [-0.05, 0) is 36.2 Å². The van der Waals surface area contributed by atoms with Crippen LogP contribution in [0.3, 0.4) is 0 Å². The quantitative estimate of drug-likeness (QED) is 0.824. The Morgan fingerprint density at radius 3 is 2.38 bits per heavy atom. The van der Waals surface area contributed by atoms with Crippen LogP contribution < -0.4 is 5.73 Å². The lowest BCUT2D eigenvalue weighted by molar-refractivity contribution is 0.255. The van der Waals surface area contributed by atoms with Crippen molar-refractivity contribution in [3.05, 3.63) is 64.7 Å². The molecule has 0 amide bonds. The number of phenolic OH excluding ortho intramolecular Hbond substituents is 1. The molecule has 0 aliphatic heterocycles. The lowest BCUT2D eigenvalue weighted by Gasteiger charge is -2.22. The first kappa shape index (κ1) is 15.8. The fraction of sp³-hybridized carbons (Fsp3) is 0.294. The Bertz CT molecular complexity index is 560. The maximum Gasteiger partial charge on any atom is 0.134 e. The Balaban J connectivity index is 2.06. The smallest absolute Gasteiger partial charge is 0.134 e. The molecule has 112 valence electrons. The van der Waals surface area contributed by atoms with E-state index in [1.54, 1.807) is 6.07 Å². The van der Waals surface area contributed by atoms with E-state index in [-0.39, 0.29) is 5.75 Å². The van der Waals surface area contributed by atoms with Crippen LogP contribution in [0.1, 0.15) is 17.5 Å². The van der Waals surface area contributed by atoms with Gasteiger partial charge in [0.1, 0.15) is 5.75 Å². The van der Waals surface area contributed by atoms with Crippen LogP contribution in [0.2, 0.25) is 5.02 Å². The molecule has 3 N–H and O–H groups in total. The van der Waals surface area contributed by atoms with Crippen LogP contribution in [0.25, 0.3) is 0 Å². The minimum atomic E-state index is 0.122. The first-order chi connectivity index (χ1) is 10.2. The predicted molar refractivity (Wildman–Crippen MR) is 87.3 cm³/mol. The Hall–Kier alpha value is -1.55. The second-order valence-electron chi connectivity index (χ2n) is 5.12. The molecule has 0 aliphatic carbocycles. The number of hydrogen-bond donors (Lipinski definition) is 2. The molecule has 0 bridgehead atoms. The second kappa shape index (κ2) is 8.03. The topological polar surface area (TPSA) is 49.5 Å². The lowest BCUT2D eigenvalue weighted by Crippen LogP contribution is -2.25. The highest BCUT2D eigenvalue weighted by Gasteiger charge is 2.08. The molecule has 0 atom stereocenters. The monoisotopic (exact) mass is 304 g/mol. The summed E-state index contributed by atoms with van der Waals surface area (Å²) in [6.45, 7) is 3.28. The molecule has 2 rings (SSSR count). The fourth-order valence-corrected chi connectivity index (χ4v) is 2.48. The van der Waals surface area contributed by atoms with E-state index in [9.17, 15) is 5.11 Å². The molecule has 3 nitrogen and oxygen atoms in total. The van der Waals surface area contributed by atoms with Crippen LogP contribution in [0.4, 0.5) is 0 Å². The third-order valence-electron chi connectivity index (χ3n) is 3.35. The third kappa shape index (κ3) is 5.05. The number of nitrogens with two attached hydrogens (primary N) is 1. The molecule has 21 heavy (non-hydrogen) atoms. The zero-order valence-electron chi connectivity index (χ0n) is 12.0. The van der Waals surface area contributed by atoms with Crippen molar-refractivity contribution < 1.29 is 5.11 Å². The molecule has 4 heteroatoms. The Morgan fingerprint density at radius 2 is 1.71 bits per heavy atom. The van der Waals surface area contributed by atoms with Crippen LogP contribution >= 0.6 is 11.6 Å². The van der Waals surface area contributed by atoms with E-state index in [1.165, 1.54) is 5.56 Å².